The Morgan fingerprint density at radius 3 is 2.89 bits per heavy atom. The van der Waals surface area contributed by atoms with Gasteiger partial charge in [0.1, 0.15) is 0 Å². The van der Waals surface area contributed by atoms with Crippen LogP contribution in [0.5, 0.6) is 0 Å². The number of nitrogens with one attached hydrogen (secondary N) is 1. The van der Waals surface area contributed by atoms with Crippen molar-refractivity contribution < 1.29 is 9.84 Å². The van der Waals surface area contributed by atoms with E-state index >= 15 is 0 Å². The van der Waals surface area contributed by atoms with Crippen molar-refractivity contribution >= 4 is 11.8 Å². The first-order chi connectivity index (χ1) is 8.63. The van der Waals surface area contributed by atoms with Crippen LogP contribution in [0.15, 0.2) is 0 Å². The summed E-state index contributed by atoms with van der Waals surface area (Å²) in [5.41, 5.74) is -0.0254. The van der Waals surface area contributed by atoms with Gasteiger partial charge in [-0.25, -0.2) is 0 Å². The van der Waals surface area contributed by atoms with E-state index in [1.165, 1.54) is 19.3 Å². The molecule has 1 aliphatic carbocycles. The molecule has 1 heterocycles. The molecule has 106 valence electrons. The van der Waals surface area contributed by atoms with Gasteiger partial charge in [0.15, 0.2) is 0 Å². The molecule has 3 atom stereocenters. The Hall–Kier alpha value is 0.230. The molecule has 0 aromatic rings. The molecule has 2 rings (SSSR count). The Morgan fingerprint density at radius 2 is 2.28 bits per heavy atom. The van der Waals surface area contributed by atoms with Crippen molar-refractivity contribution in [2.45, 2.75) is 68.9 Å². The number of rotatable bonds is 6. The van der Waals surface area contributed by atoms with Crippen LogP contribution in [0.2, 0.25) is 0 Å². The number of hydrogen-bond acceptors (Lipinski definition) is 4. The van der Waals surface area contributed by atoms with Crippen molar-refractivity contribution in [3.63, 3.8) is 0 Å². The van der Waals surface area contributed by atoms with Gasteiger partial charge >= 0.3 is 0 Å². The summed E-state index contributed by atoms with van der Waals surface area (Å²) in [6.07, 6.45) is 6.36. The SMILES string of the molecule is CC(C)NC1(CO)CCC(SCC2CCCO2)C1. The third-order valence-corrected chi connectivity index (χ3v) is 5.44. The van der Waals surface area contributed by atoms with Crippen molar-refractivity contribution in [2.75, 3.05) is 19.0 Å². The lowest BCUT2D eigenvalue weighted by atomic mass is 9.98. The van der Waals surface area contributed by atoms with E-state index < -0.39 is 0 Å². The average Bonchev–Trinajstić information content (AvgIpc) is 2.95. The monoisotopic (exact) mass is 273 g/mol. The maximum Gasteiger partial charge on any atom is 0.0666 e. The first-order valence-electron chi connectivity index (χ1n) is 7.25. The molecule has 1 saturated heterocycles. The van der Waals surface area contributed by atoms with E-state index in [4.69, 9.17) is 4.74 Å². The van der Waals surface area contributed by atoms with Crippen molar-refractivity contribution in [1.82, 2.24) is 5.32 Å². The molecule has 0 aromatic carbocycles. The maximum absolute atomic E-state index is 9.67. The molecule has 1 saturated carbocycles. The Bertz CT molecular complexity index is 256. The molecule has 4 heteroatoms. The Kier molecular flexibility index (Phi) is 5.36. The van der Waals surface area contributed by atoms with Gasteiger partial charge in [-0.15, -0.1) is 0 Å². The van der Waals surface area contributed by atoms with Crippen LogP contribution in [-0.4, -0.2) is 47.0 Å². The fourth-order valence-corrected chi connectivity index (χ4v) is 4.64. The van der Waals surface area contributed by atoms with Crippen molar-refractivity contribution in [2.24, 2.45) is 0 Å². The standard InChI is InChI=1S/C14H27NO2S/c1-11(2)15-14(10-16)6-5-13(8-14)18-9-12-4-3-7-17-12/h11-13,15-16H,3-10H2,1-2H3. The normalized spacial score (nSPS) is 36.7. The predicted molar refractivity (Wildman–Crippen MR) is 77.2 cm³/mol. The van der Waals surface area contributed by atoms with Gasteiger partial charge in [-0.3, -0.25) is 0 Å². The molecule has 0 radical (unpaired) electrons. The number of aliphatic hydroxyl groups is 1. The van der Waals surface area contributed by atoms with E-state index in [-0.39, 0.29) is 12.1 Å². The molecule has 2 N–H and O–H groups in total. The van der Waals surface area contributed by atoms with Crippen molar-refractivity contribution in [3.05, 3.63) is 0 Å². The minimum atomic E-state index is -0.0254. The molecular weight excluding hydrogens is 246 g/mol. The minimum absolute atomic E-state index is 0.0254. The maximum atomic E-state index is 9.67. The van der Waals surface area contributed by atoms with Crippen LogP contribution in [-0.2, 0) is 4.74 Å². The van der Waals surface area contributed by atoms with Crippen LogP contribution in [0, 0.1) is 0 Å². The van der Waals surface area contributed by atoms with E-state index in [2.05, 4.69) is 19.2 Å². The smallest absolute Gasteiger partial charge is 0.0666 e. The lowest BCUT2D eigenvalue weighted by Crippen LogP contribution is -2.49. The highest BCUT2D eigenvalue weighted by molar-refractivity contribution is 7.99. The summed E-state index contributed by atoms with van der Waals surface area (Å²) >= 11 is 2.05. The van der Waals surface area contributed by atoms with Crippen LogP contribution in [0.3, 0.4) is 0 Å². The highest BCUT2D eigenvalue weighted by atomic mass is 32.2. The summed E-state index contributed by atoms with van der Waals surface area (Å²) in [6.45, 7) is 5.53. The van der Waals surface area contributed by atoms with Gasteiger partial charge in [-0.1, -0.05) is 13.8 Å². The lowest BCUT2D eigenvalue weighted by Gasteiger charge is -2.31. The highest BCUT2D eigenvalue weighted by Crippen LogP contribution is 2.38. The second kappa shape index (κ2) is 6.60. The van der Waals surface area contributed by atoms with E-state index in [1.54, 1.807) is 0 Å². The second-order valence-corrected chi connectivity index (χ2v) is 7.40. The topological polar surface area (TPSA) is 41.5 Å². The predicted octanol–water partition coefficient (Wildman–Crippen LogP) is 2.18. The zero-order chi connectivity index (χ0) is 13.0. The van der Waals surface area contributed by atoms with Gasteiger partial charge < -0.3 is 15.2 Å². The second-order valence-electron chi connectivity index (χ2n) is 6.07. The molecule has 3 unspecified atom stereocenters. The average molecular weight is 273 g/mol. The number of hydrogen-bond donors (Lipinski definition) is 2. The van der Waals surface area contributed by atoms with Gasteiger partial charge in [0.2, 0.25) is 0 Å². The largest absolute Gasteiger partial charge is 0.394 e. The molecular formula is C14H27NO2S. The molecule has 2 aliphatic rings. The Morgan fingerprint density at radius 1 is 1.44 bits per heavy atom. The highest BCUT2D eigenvalue weighted by Gasteiger charge is 2.39. The summed E-state index contributed by atoms with van der Waals surface area (Å²) in [6, 6.07) is 0.444. The van der Waals surface area contributed by atoms with Crippen molar-refractivity contribution in [3.8, 4) is 0 Å². The van der Waals surface area contributed by atoms with E-state index in [0.29, 0.717) is 17.4 Å². The summed E-state index contributed by atoms with van der Waals surface area (Å²) < 4.78 is 5.67. The quantitative estimate of drug-likeness (QED) is 0.778. The molecule has 18 heavy (non-hydrogen) atoms. The van der Waals surface area contributed by atoms with E-state index in [9.17, 15) is 5.11 Å². The van der Waals surface area contributed by atoms with Crippen LogP contribution in [0.4, 0.5) is 0 Å². The van der Waals surface area contributed by atoms with Gasteiger partial charge in [-0.2, -0.15) is 11.8 Å². The molecule has 0 amide bonds. The van der Waals surface area contributed by atoms with Gasteiger partial charge in [0.05, 0.1) is 12.7 Å². The number of ether oxygens (including phenoxy) is 1. The zero-order valence-electron chi connectivity index (χ0n) is 11.7. The van der Waals surface area contributed by atoms with Crippen LogP contribution in [0.25, 0.3) is 0 Å². The molecule has 0 spiro atoms. The summed E-state index contributed by atoms with van der Waals surface area (Å²) in [5, 5.41) is 13.9. The van der Waals surface area contributed by atoms with Gasteiger partial charge in [0.25, 0.3) is 0 Å². The van der Waals surface area contributed by atoms with E-state index in [0.717, 1.165) is 25.2 Å². The Labute approximate surface area is 115 Å². The fourth-order valence-electron chi connectivity index (χ4n) is 3.17. The van der Waals surface area contributed by atoms with E-state index in [1.807, 2.05) is 11.8 Å². The lowest BCUT2D eigenvalue weighted by molar-refractivity contribution is 0.128. The molecule has 3 nitrogen and oxygen atoms in total. The van der Waals surface area contributed by atoms with Crippen LogP contribution in [0.1, 0.15) is 46.0 Å². The molecule has 0 aromatic heterocycles. The first-order valence-corrected chi connectivity index (χ1v) is 8.30. The first kappa shape index (κ1) is 14.6. The van der Waals surface area contributed by atoms with Crippen LogP contribution >= 0.6 is 11.8 Å². The van der Waals surface area contributed by atoms with Gasteiger partial charge in [0, 0.05) is 29.2 Å². The molecule has 0 bridgehead atoms. The summed E-state index contributed by atoms with van der Waals surface area (Å²) in [4.78, 5) is 0. The summed E-state index contributed by atoms with van der Waals surface area (Å²) in [5.74, 6) is 1.13. The Balaban J connectivity index is 1.75. The third-order valence-electron chi connectivity index (χ3n) is 4.00. The zero-order valence-corrected chi connectivity index (χ0v) is 12.5. The number of thioether (sulfide) groups is 1. The minimum Gasteiger partial charge on any atom is -0.394 e. The molecule has 2 fully saturated rings. The summed E-state index contributed by atoms with van der Waals surface area (Å²) in [7, 11) is 0. The fraction of sp³-hybridized carbons (Fsp3) is 1.00. The third kappa shape index (κ3) is 3.86. The molecule has 1 aliphatic heterocycles. The number of aliphatic hydroxyl groups excluding tert-OH is 1. The van der Waals surface area contributed by atoms with Crippen molar-refractivity contribution in [1.29, 1.82) is 0 Å². The van der Waals surface area contributed by atoms with Crippen LogP contribution < -0.4 is 5.32 Å². The van der Waals surface area contributed by atoms with Gasteiger partial charge in [-0.05, 0) is 32.1 Å².